The Balaban J connectivity index is 2.06. The minimum Gasteiger partial charge on any atom is -0.550 e. The largest absolute Gasteiger partial charge is 0.550 e. The van der Waals surface area contributed by atoms with Crippen molar-refractivity contribution < 1.29 is 14.7 Å². The van der Waals surface area contributed by atoms with Gasteiger partial charge in [0, 0.05) is 12.5 Å². The van der Waals surface area contributed by atoms with Crippen LogP contribution in [-0.2, 0) is 16.0 Å². The van der Waals surface area contributed by atoms with Gasteiger partial charge in [-0.05, 0) is 36.5 Å². The molecule has 1 aromatic carbocycles. The number of rotatable bonds is 6. The predicted molar refractivity (Wildman–Crippen MR) is 89.9 cm³/mol. The molecule has 1 heterocycles. The topological polar surface area (TPSA) is 60.4 Å². The van der Waals surface area contributed by atoms with E-state index in [4.69, 9.17) is 12.2 Å². The number of benzene rings is 1. The normalized spacial score (nSPS) is 16.6. The molecule has 116 valence electrons. The Hall–Kier alpha value is -1.66. The lowest BCUT2D eigenvalue weighted by atomic mass is 10.1. The predicted octanol–water partition coefficient (Wildman–Crippen LogP) is 1.98. The van der Waals surface area contributed by atoms with E-state index in [0.717, 1.165) is 12.0 Å². The number of nitrogens with zero attached hydrogens (tertiary/aromatic N) is 1. The Labute approximate surface area is 139 Å². The highest BCUT2D eigenvalue weighted by Crippen LogP contribution is 2.32. The number of aryl methyl sites for hydroxylation is 1. The van der Waals surface area contributed by atoms with E-state index in [9.17, 15) is 14.7 Å². The van der Waals surface area contributed by atoms with E-state index in [2.05, 4.69) is 6.92 Å². The van der Waals surface area contributed by atoms with Crippen LogP contribution in [0.5, 0.6) is 0 Å². The van der Waals surface area contributed by atoms with Gasteiger partial charge in [0.25, 0.3) is 5.91 Å². The molecule has 1 amide bonds. The molecule has 0 radical (unpaired) electrons. The van der Waals surface area contributed by atoms with Gasteiger partial charge in [-0.15, -0.1) is 0 Å². The van der Waals surface area contributed by atoms with Crippen LogP contribution in [0.3, 0.4) is 0 Å². The second-order valence-corrected chi connectivity index (χ2v) is 6.58. The molecule has 1 aliphatic rings. The summed E-state index contributed by atoms with van der Waals surface area (Å²) >= 11 is 6.44. The molecule has 0 unspecified atom stereocenters. The molecule has 0 bridgehead atoms. The van der Waals surface area contributed by atoms with E-state index in [1.165, 1.54) is 22.2 Å². The first kappa shape index (κ1) is 16.7. The molecule has 22 heavy (non-hydrogen) atoms. The van der Waals surface area contributed by atoms with Crippen LogP contribution >= 0.6 is 24.0 Å². The van der Waals surface area contributed by atoms with Crippen molar-refractivity contribution in [2.45, 2.75) is 26.2 Å². The monoisotopic (exact) mass is 334 g/mol. The van der Waals surface area contributed by atoms with Crippen molar-refractivity contribution in [1.29, 1.82) is 0 Å². The molecule has 4 nitrogen and oxygen atoms in total. The lowest BCUT2D eigenvalue weighted by Crippen LogP contribution is -2.30. The van der Waals surface area contributed by atoms with Crippen LogP contribution in [0, 0.1) is 0 Å². The number of carbonyl (C=O) groups excluding carboxylic acids is 2. The van der Waals surface area contributed by atoms with E-state index < -0.39 is 5.97 Å². The fourth-order valence-electron chi connectivity index (χ4n) is 2.08. The molecule has 0 N–H and O–H groups in total. The number of aliphatic carboxylic acids is 1. The fraction of sp³-hybridized carbons (Fsp3) is 0.312. The van der Waals surface area contributed by atoms with Crippen molar-refractivity contribution in [2.24, 2.45) is 0 Å². The number of carbonyl (C=O) groups is 2. The summed E-state index contributed by atoms with van der Waals surface area (Å²) in [4.78, 5) is 24.8. The maximum atomic E-state index is 12.3. The minimum absolute atomic E-state index is 0.0748. The average Bonchev–Trinajstić information content (AvgIpc) is 2.75. The van der Waals surface area contributed by atoms with Crippen LogP contribution in [0.2, 0.25) is 0 Å². The number of carboxylic acids is 1. The van der Waals surface area contributed by atoms with Crippen molar-refractivity contribution >= 4 is 46.3 Å². The maximum Gasteiger partial charge on any atom is 0.266 e. The van der Waals surface area contributed by atoms with Crippen molar-refractivity contribution in [2.75, 3.05) is 6.54 Å². The van der Waals surface area contributed by atoms with E-state index in [0.29, 0.717) is 22.2 Å². The van der Waals surface area contributed by atoms with Gasteiger partial charge in [0.2, 0.25) is 0 Å². The molecule has 0 aliphatic carbocycles. The van der Waals surface area contributed by atoms with E-state index in [1.807, 2.05) is 30.3 Å². The second-order valence-electron chi connectivity index (χ2n) is 4.90. The standard InChI is InChI=1S/C16H17NO3S2/c1-2-11-5-7-12(8-6-11)10-13-15(20)17(16(21)22-13)9-3-4-14(18)19/h5-8,10H,2-4,9H2,1H3,(H,18,19)/p-1/b13-10+. The summed E-state index contributed by atoms with van der Waals surface area (Å²) in [6.07, 6.45) is 3.06. The number of hydrogen-bond donors (Lipinski definition) is 0. The smallest absolute Gasteiger partial charge is 0.266 e. The zero-order valence-electron chi connectivity index (χ0n) is 12.2. The fourth-order valence-corrected chi connectivity index (χ4v) is 3.38. The summed E-state index contributed by atoms with van der Waals surface area (Å²) in [5, 5.41) is 10.4. The molecule has 0 spiro atoms. The molecule has 1 aliphatic heterocycles. The van der Waals surface area contributed by atoms with Crippen molar-refractivity contribution in [3.05, 3.63) is 40.3 Å². The Morgan fingerprint density at radius 2 is 2.05 bits per heavy atom. The Bertz CT molecular complexity index is 623. The van der Waals surface area contributed by atoms with Gasteiger partial charge in [0.05, 0.1) is 4.91 Å². The van der Waals surface area contributed by atoms with Crippen LogP contribution in [0.4, 0.5) is 0 Å². The van der Waals surface area contributed by atoms with Crippen molar-refractivity contribution in [1.82, 2.24) is 4.90 Å². The average molecular weight is 334 g/mol. The summed E-state index contributed by atoms with van der Waals surface area (Å²) in [5.74, 6) is -1.27. The third kappa shape index (κ3) is 4.18. The number of thiocarbonyl (C=S) groups is 1. The van der Waals surface area contributed by atoms with E-state index >= 15 is 0 Å². The zero-order valence-corrected chi connectivity index (χ0v) is 13.8. The third-order valence-corrected chi connectivity index (χ3v) is 4.70. The van der Waals surface area contributed by atoms with Crippen LogP contribution in [-0.4, -0.2) is 27.6 Å². The van der Waals surface area contributed by atoms with Gasteiger partial charge in [0.15, 0.2) is 0 Å². The highest BCUT2D eigenvalue weighted by molar-refractivity contribution is 8.26. The third-order valence-electron chi connectivity index (χ3n) is 3.32. The Kier molecular flexibility index (Phi) is 5.74. The Morgan fingerprint density at radius 3 is 2.64 bits per heavy atom. The molecule has 0 atom stereocenters. The lowest BCUT2D eigenvalue weighted by molar-refractivity contribution is -0.305. The highest BCUT2D eigenvalue weighted by Gasteiger charge is 2.31. The summed E-state index contributed by atoms with van der Waals surface area (Å²) < 4.78 is 0.472. The Morgan fingerprint density at radius 1 is 1.36 bits per heavy atom. The van der Waals surface area contributed by atoms with Crippen LogP contribution in [0.1, 0.15) is 30.9 Å². The first-order chi connectivity index (χ1) is 10.5. The van der Waals surface area contributed by atoms with Crippen LogP contribution < -0.4 is 5.11 Å². The van der Waals surface area contributed by atoms with Crippen molar-refractivity contribution in [3.63, 3.8) is 0 Å². The van der Waals surface area contributed by atoms with E-state index in [-0.39, 0.29) is 12.3 Å². The lowest BCUT2D eigenvalue weighted by Gasteiger charge is -2.14. The quantitative estimate of drug-likeness (QED) is 0.588. The molecule has 1 fully saturated rings. The number of amides is 1. The molecule has 6 heteroatoms. The minimum atomic E-state index is -1.11. The summed E-state index contributed by atoms with van der Waals surface area (Å²) in [6, 6.07) is 8.02. The molecule has 2 rings (SSSR count). The SMILES string of the molecule is CCc1ccc(/C=C2/SC(=S)N(CCCC(=O)[O-])C2=O)cc1. The maximum absolute atomic E-state index is 12.3. The van der Waals surface area contributed by atoms with Gasteiger partial charge >= 0.3 is 0 Å². The van der Waals surface area contributed by atoms with E-state index in [1.54, 1.807) is 0 Å². The summed E-state index contributed by atoms with van der Waals surface area (Å²) in [5.41, 5.74) is 2.19. The number of hydrogen-bond acceptors (Lipinski definition) is 5. The summed E-state index contributed by atoms with van der Waals surface area (Å²) in [6.45, 7) is 2.40. The van der Waals surface area contributed by atoms with Gasteiger partial charge < -0.3 is 9.90 Å². The van der Waals surface area contributed by atoms with Crippen LogP contribution in [0.15, 0.2) is 29.2 Å². The molecular weight excluding hydrogens is 318 g/mol. The number of carboxylic acid groups (broad SMARTS) is 1. The molecule has 0 aromatic heterocycles. The van der Waals surface area contributed by atoms with Gasteiger partial charge in [-0.3, -0.25) is 9.69 Å². The molecular formula is C16H16NO3S2-. The molecule has 0 saturated carbocycles. The van der Waals surface area contributed by atoms with Gasteiger partial charge in [-0.1, -0.05) is 55.2 Å². The van der Waals surface area contributed by atoms with Gasteiger partial charge in [0.1, 0.15) is 4.32 Å². The van der Waals surface area contributed by atoms with Gasteiger partial charge in [-0.2, -0.15) is 0 Å². The number of thioether (sulfide) groups is 1. The second kappa shape index (κ2) is 7.56. The van der Waals surface area contributed by atoms with Crippen LogP contribution in [0.25, 0.3) is 6.08 Å². The van der Waals surface area contributed by atoms with Gasteiger partial charge in [-0.25, -0.2) is 0 Å². The highest BCUT2D eigenvalue weighted by atomic mass is 32.2. The van der Waals surface area contributed by atoms with Crippen molar-refractivity contribution in [3.8, 4) is 0 Å². The first-order valence-electron chi connectivity index (χ1n) is 7.05. The zero-order chi connectivity index (χ0) is 16.1. The summed E-state index contributed by atoms with van der Waals surface area (Å²) in [7, 11) is 0. The molecule has 1 saturated heterocycles. The first-order valence-corrected chi connectivity index (χ1v) is 8.28. The molecule has 1 aromatic rings.